The molecule has 1 saturated carbocycles. The number of unbranched alkanes of at least 4 members (excludes halogenated alkanes) is 3. The van der Waals surface area contributed by atoms with Crippen LogP contribution in [0.15, 0.2) is 24.3 Å². The molecule has 3 heteroatoms. The number of aliphatic hydroxyl groups excluding tert-OH is 1. The number of benzene rings is 1. The van der Waals surface area contributed by atoms with Gasteiger partial charge in [-0.2, -0.15) is 0 Å². The van der Waals surface area contributed by atoms with E-state index in [0.29, 0.717) is 18.4 Å². The SMILES string of the molecule is CCCCCCOc1ccc(C2CCC(CC(CO)COC)CC2)cc1. The Hall–Kier alpha value is -1.06. The fourth-order valence-corrected chi connectivity index (χ4v) is 4.19. The van der Waals surface area contributed by atoms with Crippen molar-refractivity contribution in [2.45, 2.75) is 70.6 Å². The van der Waals surface area contributed by atoms with Gasteiger partial charge in [-0.3, -0.25) is 0 Å². The second kappa shape index (κ2) is 12.3. The zero-order valence-corrected chi connectivity index (χ0v) is 16.8. The van der Waals surface area contributed by atoms with Crippen LogP contribution in [0.5, 0.6) is 5.75 Å². The van der Waals surface area contributed by atoms with Gasteiger partial charge >= 0.3 is 0 Å². The topological polar surface area (TPSA) is 38.7 Å². The Kier molecular flexibility index (Phi) is 10.1. The highest BCUT2D eigenvalue weighted by molar-refractivity contribution is 5.29. The van der Waals surface area contributed by atoms with Gasteiger partial charge in [0.05, 0.1) is 13.2 Å². The van der Waals surface area contributed by atoms with Crippen molar-refractivity contribution in [1.29, 1.82) is 0 Å². The van der Waals surface area contributed by atoms with Gasteiger partial charge in [0.2, 0.25) is 0 Å². The highest BCUT2D eigenvalue weighted by Gasteiger charge is 2.24. The summed E-state index contributed by atoms with van der Waals surface area (Å²) >= 11 is 0. The van der Waals surface area contributed by atoms with E-state index in [1.54, 1.807) is 7.11 Å². The summed E-state index contributed by atoms with van der Waals surface area (Å²) in [7, 11) is 1.72. The van der Waals surface area contributed by atoms with E-state index in [9.17, 15) is 5.11 Å². The van der Waals surface area contributed by atoms with E-state index in [4.69, 9.17) is 9.47 Å². The maximum Gasteiger partial charge on any atom is 0.119 e. The molecular formula is C23H38O3. The molecule has 0 amide bonds. The molecule has 1 aliphatic rings. The van der Waals surface area contributed by atoms with Crippen LogP contribution in [0.1, 0.15) is 76.2 Å². The summed E-state index contributed by atoms with van der Waals surface area (Å²) in [5, 5.41) is 9.46. The smallest absolute Gasteiger partial charge is 0.119 e. The van der Waals surface area contributed by atoms with Gasteiger partial charge in [0.1, 0.15) is 5.75 Å². The molecule has 0 spiro atoms. The van der Waals surface area contributed by atoms with E-state index in [-0.39, 0.29) is 6.61 Å². The molecule has 1 aliphatic carbocycles. The van der Waals surface area contributed by atoms with Crippen molar-refractivity contribution in [2.24, 2.45) is 11.8 Å². The Morgan fingerprint density at radius 3 is 2.38 bits per heavy atom. The molecule has 148 valence electrons. The molecule has 26 heavy (non-hydrogen) atoms. The predicted molar refractivity (Wildman–Crippen MR) is 108 cm³/mol. The molecule has 0 aromatic heterocycles. The number of hydrogen-bond donors (Lipinski definition) is 1. The van der Waals surface area contributed by atoms with Crippen LogP contribution < -0.4 is 4.74 Å². The van der Waals surface area contributed by atoms with Crippen LogP contribution in [0, 0.1) is 11.8 Å². The molecule has 0 radical (unpaired) electrons. The first-order valence-electron chi connectivity index (χ1n) is 10.6. The molecule has 3 nitrogen and oxygen atoms in total. The van der Waals surface area contributed by atoms with Gasteiger partial charge in [-0.25, -0.2) is 0 Å². The van der Waals surface area contributed by atoms with Crippen LogP contribution in [0.2, 0.25) is 0 Å². The van der Waals surface area contributed by atoms with Crippen molar-refractivity contribution in [3.8, 4) is 5.75 Å². The van der Waals surface area contributed by atoms with Crippen molar-refractivity contribution in [3.63, 3.8) is 0 Å². The molecule has 1 fully saturated rings. The van der Waals surface area contributed by atoms with E-state index in [1.807, 2.05) is 0 Å². The quantitative estimate of drug-likeness (QED) is 0.494. The standard InChI is InChI=1S/C23H38O3/c1-3-4-5-6-15-26-23-13-11-22(12-14-23)21-9-7-19(8-10-21)16-20(17-24)18-25-2/h11-14,19-21,24H,3-10,15-18H2,1-2H3. The molecule has 1 aromatic rings. The summed E-state index contributed by atoms with van der Waals surface area (Å²) in [6.07, 6.45) is 11.1. The summed E-state index contributed by atoms with van der Waals surface area (Å²) in [4.78, 5) is 0. The lowest BCUT2D eigenvalue weighted by Gasteiger charge is -2.30. The second-order valence-corrected chi connectivity index (χ2v) is 7.94. The van der Waals surface area contributed by atoms with Crippen molar-refractivity contribution < 1.29 is 14.6 Å². The Morgan fingerprint density at radius 2 is 1.77 bits per heavy atom. The number of methoxy groups -OCH3 is 1. The number of ether oxygens (including phenoxy) is 2. The molecular weight excluding hydrogens is 324 g/mol. The third-order valence-corrected chi connectivity index (χ3v) is 5.79. The first-order chi connectivity index (χ1) is 12.8. The van der Waals surface area contributed by atoms with Gasteiger partial charge in [-0.15, -0.1) is 0 Å². The van der Waals surface area contributed by atoms with Crippen LogP contribution >= 0.6 is 0 Å². The molecule has 1 unspecified atom stereocenters. The minimum atomic E-state index is 0.244. The average Bonchev–Trinajstić information content (AvgIpc) is 2.68. The fourth-order valence-electron chi connectivity index (χ4n) is 4.19. The highest BCUT2D eigenvalue weighted by Crippen LogP contribution is 2.38. The first-order valence-corrected chi connectivity index (χ1v) is 10.6. The van der Waals surface area contributed by atoms with E-state index in [0.717, 1.165) is 31.1 Å². The summed E-state index contributed by atoms with van der Waals surface area (Å²) in [6.45, 7) is 3.99. The number of hydrogen-bond acceptors (Lipinski definition) is 3. The summed E-state index contributed by atoms with van der Waals surface area (Å²) < 4.78 is 11.1. The van der Waals surface area contributed by atoms with Crippen LogP contribution in [0.3, 0.4) is 0 Å². The van der Waals surface area contributed by atoms with Gasteiger partial charge in [0.15, 0.2) is 0 Å². The average molecular weight is 363 g/mol. The molecule has 0 aliphatic heterocycles. The van der Waals surface area contributed by atoms with Gasteiger partial charge in [-0.05, 0) is 68.1 Å². The Morgan fingerprint density at radius 1 is 1.04 bits per heavy atom. The molecule has 1 aromatic carbocycles. The molecule has 1 atom stereocenters. The Balaban J connectivity index is 1.71. The minimum Gasteiger partial charge on any atom is -0.494 e. The van der Waals surface area contributed by atoms with Crippen molar-refractivity contribution >= 4 is 0 Å². The monoisotopic (exact) mass is 362 g/mol. The van der Waals surface area contributed by atoms with E-state index < -0.39 is 0 Å². The van der Waals surface area contributed by atoms with Crippen LogP contribution in [-0.2, 0) is 4.74 Å². The Bertz CT molecular complexity index is 463. The maximum atomic E-state index is 9.46. The summed E-state index contributed by atoms with van der Waals surface area (Å²) in [5.41, 5.74) is 1.46. The highest BCUT2D eigenvalue weighted by atomic mass is 16.5. The maximum absolute atomic E-state index is 9.46. The van der Waals surface area contributed by atoms with Crippen molar-refractivity contribution in [1.82, 2.24) is 0 Å². The van der Waals surface area contributed by atoms with Gasteiger partial charge in [-0.1, -0.05) is 38.3 Å². The van der Waals surface area contributed by atoms with E-state index >= 15 is 0 Å². The zero-order valence-electron chi connectivity index (χ0n) is 16.8. The lowest BCUT2D eigenvalue weighted by atomic mass is 9.76. The molecule has 2 rings (SSSR count). The lowest BCUT2D eigenvalue weighted by molar-refractivity contribution is 0.0889. The second-order valence-electron chi connectivity index (χ2n) is 7.94. The molecule has 0 saturated heterocycles. The van der Waals surface area contributed by atoms with Gasteiger partial charge < -0.3 is 14.6 Å². The van der Waals surface area contributed by atoms with Gasteiger partial charge in [0, 0.05) is 19.6 Å². The third-order valence-electron chi connectivity index (χ3n) is 5.79. The lowest BCUT2D eigenvalue weighted by Crippen LogP contribution is -2.21. The normalized spacial score (nSPS) is 21.5. The summed E-state index contributed by atoms with van der Waals surface area (Å²) in [6, 6.07) is 8.80. The largest absolute Gasteiger partial charge is 0.494 e. The number of rotatable bonds is 12. The molecule has 1 N–H and O–H groups in total. The minimum absolute atomic E-state index is 0.244. The van der Waals surface area contributed by atoms with Crippen molar-refractivity contribution in [2.75, 3.05) is 26.9 Å². The Labute approximate surface area is 160 Å². The van der Waals surface area contributed by atoms with E-state index in [2.05, 4.69) is 31.2 Å². The fraction of sp³-hybridized carbons (Fsp3) is 0.739. The van der Waals surface area contributed by atoms with Crippen LogP contribution in [0.4, 0.5) is 0 Å². The molecule has 0 heterocycles. The number of aliphatic hydroxyl groups is 1. The zero-order chi connectivity index (χ0) is 18.6. The molecule has 0 bridgehead atoms. The van der Waals surface area contributed by atoms with Crippen LogP contribution in [0.25, 0.3) is 0 Å². The predicted octanol–water partition coefficient (Wildman–Crippen LogP) is 5.56. The van der Waals surface area contributed by atoms with E-state index in [1.165, 1.54) is 50.5 Å². The van der Waals surface area contributed by atoms with Crippen molar-refractivity contribution in [3.05, 3.63) is 29.8 Å². The van der Waals surface area contributed by atoms with Crippen LogP contribution in [-0.4, -0.2) is 32.0 Å². The summed E-state index contributed by atoms with van der Waals surface area (Å²) in [5.74, 6) is 2.73. The van der Waals surface area contributed by atoms with Gasteiger partial charge in [0.25, 0.3) is 0 Å². The third kappa shape index (κ3) is 7.28. The first kappa shape index (κ1) is 21.2.